The van der Waals surface area contributed by atoms with Gasteiger partial charge in [-0.05, 0) is 19.1 Å². The van der Waals surface area contributed by atoms with E-state index in [2.05, 4.69) is 9.88 Å². The van der Waals surface area contributed by atoms with Crippen molar-refractivity contribution >= 4 is 23.5 Å². The van der Waals surface area contributed by atoms with E-state index in [9.17, 15) is 4.79 Å². The molecule has 0 radical (unpaired) electrons. The smallest absolute Gasteiger partial charge is 0.335 e. The molecule has 2 rings (SSSR count). The predicted molar refractivity (Wildman–Crippen MR) is 65.5 cm³/mol. The Morgan fingerprint density at radius 2 is 2.12 bits per heavy atom. The van der Waals surface area contributed by atoms with Crippen molar-refractivity contribution in [2.75, 3.05) is 29.5 Å². The maximum absolute atomic E-state index is 10.9. The second kappa shape index (κ2) is 4.74. The number of aryl methyl sites for hydroxylation is 1. The van der Waals surface area contributed by atoms with Crippen molar-refractivity contribution in [3.63, 3.8) is 0 Å². The molecule has 0 atom stereocenters. The second-order valence-electron chi connectivity index (χ2n) is 3.76. The van der Waals surface area contributed by atoms with Crippen LogP contribution >= 0.6 is 11.8 Å². The molecule has 0 bridgehead atoms. The summed E-state index contributed by atoms with van der Waals surface area (Å²) in [7, 11) is 0. The third-order valence-electron chi connectivity index (χ3n) is 2.52. The second-order valence-corrected chi connectivity index (χ2v) is 4.98. The molecule has 0 spiro atoms. The molecule has 1 aliphatic heterocycles. The number of anilines is 1. The van der Waals surface area contributed by atoms with E-state index >= 15 is 0 Å². The molecule has 1 aromatic heterocycles. The molecule has 1 saturated heterocycles. The Bertz CT molecular complexity index is 403. The lowest BCUT2D eigenvalue weighted by molar-refractivity contribution is 0.0696. The molecule has 1 aliphatic rings. The van der Waals surface area contributed by atoms with Crippen molar-refractivity contribution in [1.29, 1.82) is 0 Å². The van der Waals surface area contributed by atoms with Crippen LogP contribution < -0.4 is 4.90 Å². The number of thioether (sulfide) groups is 1. The number of carbonyl (C=O) groups is 1. The fourth-order valence-corrected chi connectivity index (χ4v) is 2.63. The van der Waals surface area contributed by atoms with Crippen molar-refractivity contribution in [1.82, 2.24) is 4.98 Å². The van der Waals surface area contributed by atoms with Crippen LogP contribution in [0.25, 0.3) is 0 Å². The van der Waals surface area contributed by atoms with Crippen molar-refractivity contribution < 1.29 is 9.90 Å². The Hall–Kier alpha value is -1.23. The normalized spacial score (nSPS) is 16.2. The number of carboxylic acid groups (broad SMARTS) is 1. The molecular formula is C11H14N2O2S. The van der Waals surface area contributed by atoms with Crippen LogP contribution in [0.2, 0.25) is 0 Å². The summed E-state index contributed by atoms with van der Waals surface area (Å²) in [5.74, 6) is 2.06. The Morgan fingerprint density at radius 3 is 2.75 bits per heavy atom. The van der Waals surface area contributed by atoms with Gasteiger partial charge < -0.3 is 10.0 Å². The van der Waals surface area contributed by atoms with E-state index in [1.807, 2.05) is 18.7 Å². The molecule has 0 unspecified atom stereocenters. The molecule has 1 aromatic rings. The van der Waals surface area contributed by atoms with Gasteiger partial charge in [-0.2, -0.15) is 11.8 Å². The van der Waals surface area contributed by atoms with Gasteiger partial charge in [-0.25, -0.2) is 9.78 Å². The first-order chi connectivity index (χ1) is 7.66. The molecule has 0 aliphatic carbocycles. The summed E-state index contributed by atoms with van der Waals surface area (Å²) in [6.07, 6.45) is 0. The number of aromatic nitrogens is 1. The lowest BCUT2D eigenvalue weighted by Gasteiger charge is -2.27. The highest BCUT2D eigenvalue weighted by Crippen LogP contribution is 2.19. The Labute approximate surface area is 98.7 Å². The van der Waals surface area contributed by atoms with Crippen molar-refractivity contribution in [3.8, 4) is 0 Å². The fraction of sp³-hybridized carbons (Fsp3) is 0.455. The monoisotopic (exact) mass is 238 g/mol. The topological polar surface area (TPSA) is 53.4 Å². The van der Waals surface area contributed by atoms with Gasteiger partial charge in [0.25, 0.3) is 0 Å². The van der Waals surface area contributed by atoms with Gasteiger partial charge >= 0.3 is 5.97 Å². The zero-order chi connectivity index (χ0) is 11.5. The van der Waals surface area contributed by atoms with Crippen LogP contribution in [0.4, 0.5) is 5.82 Å². The SMILES string of the molecule is Cc1cc(C(=O)O)cc(N2CCSCC2)n1. The van der Waals surface area contributed by atoms with Gasteiger partial charge in [0.2, 0.25) is 0 Å². The highest BCUT2D eigenvalue weighted by Gasteiger charge is 2.15. The molecule has 2 heterocycles. The number of aromatic carboxylic acids is 1. The minimum atomic E-state index is -0.891. The van der Waals surface area contributed by atoms with Crippen molar-refractivity contribution in [2.24, 2.45) is 0 Å². The fourth-order valence-electron chi connectivity index (χ4n) is 1.73. The predicted octanol–water partition coefficient (Wildman–Crippen LogP) is 1.64. The Balaban J connectivity index is 2.28. The first kappa shape index (κ1) is 11.3. The summed E-state index contributed by atoms with van der Waals surface area (Å²) in [5, 5.41) is 8.98. The van der Waals surface area contributed by atoms with E-state index < -0.39 is 5.97 Å². The van der Waals surface area contributed by atoms with E-state index in [1.165, 1.54) is 0 Å². The van der Waals surface area contributed by atoms with Crippen molar-refractivity contribution in [3.05, 3.63) is 23.4 Å². The molecule has 0 amide bonds. The van der Waals surface area contributed by atoms with Gasteiger partial charge in [0.1, 0.15) is 5.82 Å². The van der Waals surface area contributed by atoms with E-state index in [4.69, 9.17) is 5.11 Å². The average molecular weight is 238 g/mol. The minimum absolute atomic E-state index is 0.320. The van der Waals surface area contributed by atoms with Crippen LogP contribution in [-0.2, 0) is 0 Å². The van der Waals surface area contributed by atoms with E-state index in [-0.39, 0.29) is 0 Å². The molecule has 86 valence electrons. The quantitative estimate of drug-likeness (QED) is 0.849. The van der Waals surface area contributed by atoms with Gasteiger partial charge in [-0.1, -0.05) is 0 Å². The van der Waals surface area contributed by atoms with Crippen LogP contribution in [0.3, 0.4) is 0 Å². The molecular weight excluding hydrogens is 224 g/mol. The lowest BCUT2D eigenvalue weighted by atomic mass is 10.2. The van der Waals surface area contributed by atoms with E-state index in [0.717, 1.165) is 36.1 Å². The summed E-state index contributed by atoms with van der Waals surface area (Å²) < 4.78 is 0. The van der Waals surface area contributed by atoms with Gasteiger partial charge in [-0.3, -0.25) is 0 Å². The van der Waals surface area contributed by atoms with E-state index in [1.54, 1.807) is 12.1 Å². The van der Waals surface area contributed by atoms with Crippen LogP contribution in [-0.4, -0.2) is 40.7 Å². The molecule has 16 heavy (non-hydrogen) atoms. The molecule has 0 aromatic carbocycles. The third kappa shape index (κ3) is 2.47. The van der Waals surface area contributed by atoms with Crippen molar-refractivity contribution in [2.45, 2.75) is 6.92 Å². The number of hydrogen-bond acceptors (Lipinski definition) is 4. The first-order valence-corrected chi connectivity index (χ1v) is 6.37. The summed E-state index contributed by atoms with van der Waals surface area (Å²) in [6, 6.07) is 3.26. The summed E-state index contributed by atoms with van der Waals surface area (Å²) in [5.41, 5.74) is 1.08. The number of pyridine rings is 1. The van der Waals surface area contributed by atoms with Gasteiger partial charge in [0.15, 0.2) is 0 Å². The molecule has 4 nitrogen and oxygen atoms in total. The standard InChI is InChI=1S/C11H14N2O2S/c1-8-6-9(11(14)15)7-10(12-8)13-2-4-16-5-3-13/h6-7H,2-5H2,1H3,(H,14,15). The summed E-state index contributed by atoms with van der Waals surface area (Å²) in [4.78, 5) is 17.5. The molecule has 1 N–H and O–H groups in total. The van der Waals surface area contributed by atoms with Crippen LogP contribution in [0, 0.1) is 6.92 Å². The maximum Gasteiger partial charge on any atom is 0.335 e. The third-order valence-corrected chi connectivity index (χ3v) is 3.46. The Morgan fingerprint density at radius 1 is 1.44 bits per heavy atom. The molecule has 0 saturated carbocycles. The number of hydrogen-bond donors (Lipinski definition) is 1. The zero-order valence-corrected chi connectivity index (χ0v) is 9.96. The minimum Gasteiger partial charge on any atom is -0.478 e. The highest BCUT2D eigenvalue weighted by atomic mass is 32.2. The number of nitrogens with zero attached hydrogens (tertiary/aromatic N) is 2. The average Bonchev–Trinajstić information content (AvgIpc) is 2.29. The van der Waals surface area contributed by atoms with E-state index in [0.29, 0.717) is 5.56 Å². The molecule has 1 fully saturated rings. The van der Waals surface area contributed by atoms with Gasteiger partial charge in [-0.15, -0.1) is 0 Å². The highest BCUT2D eigenvalue weighted by molar-refractivity contribution is 7.99. The number of carboxylic acids is 1. The zero-order valence-electron chi connectivity index (χ0n) is 9.14. The van der Waals surface area contributed by atoms with Crippen LogP contribution in [0.1, 0.15) is 16.1 Å². The maximum atomic E-state index is 10.9. The Kier molecular flexibility index (Phi) is 3.33. The van der Waals surface area contributed by atoms with Gasteiger partial charge in [0, 0.05) is 30.3 Å². The first-order valence-electron chi connectivity index (χ1n) is 5.21. The molecule has 5 heteroatoms. The summed E-state index contributed by atoms with van der Waals surface area (Å²) >= 11 is 1.92. The van der Waals surface area contributed by atoms with Crippen LogP contribution in [0.5, 0.6) is 0 Å². The largest absolute Gasteiger partial charge is 0.478 e. The summed E-state index contributed by atoms with van der Waals surface area (Å²) in [6.45, 7) is 3.72. The van der Waals surface area contributed by atoms with Gasteiger partial charge in [0.05, 0.1) is 5.56 Å². The number of rotatable bonds is 2. The lowest BCUT2D eigenvalue weighted by Crippen LogP contribution is -2.33. The van der Waals surface area contributed by atoms with Crippen LogP contribution in [0.15, 0.2) is 12.1 Å².